The van der Waals surface area contributed by atoms with Crippen molar-refractivity contribution < 1.29 is 8.78 Å². The Labute approximate surface area is 293 Å². The number of hydrogen-bond donors (Lipinski definition) is 4. The van der Waals surface area contributed by atoms with Gasteiger partial charge >= 0.3 is 0 Å². The lowest BCUT2D eigenvalue weighted by Crippen LogP contribution is -2.18. The van der Waals surface area contributed by atoms with Crippen LogP contribution in [0.4, 0.5) is 14.5 Å². The highest BCUT2D eigenvalue weighted by atomic mass is 19.1. The topological polar surface area (TPSA) is 107 Å². The van der Waals surface area contributed by atoms with Gasteiger partial charge in [-0.2, -0.15) is 5.10 Å². The van der Waals surface area contributed by atoms with Crippen LogP contribution in [0.2, 0.25) is 0 Å². The van der Waals surface area contributed by atoms with Gasteiger partial charge in [0, 0.05) is 35.3 Å². The van der Waals surface area contributed by atoms with E-state index in [0.29, 0.717) is 46.3 Å². The molecule has 4 heterocycles. The zero-order valence-electron chi connectivity index (χ0n) is 29.6. The lowest BCUT2D eigenvalue weighted by atomic mass is 9.83. The number of aryl methyl sites for hydroxylation is 1. The molecule has 4 aromatic heterocycles. The molecular weight excluding hydrogens is 630 g/mol. The van der Waals surface area contributed by atoms with Crippen molar-refractivity contribution in [1.82, 2.24) is 35.5 Å². The van der Waals surface area contributed by atoms with E-state index in [1.165, 1.54) is 18.6 Å². The summed E-state index contributed by atoms with van der Waals surface area (Å²) in [7, 11) is 1.82. The second kappa shape index (κ2) is 17.8. The Morgan fingerprint density at radius 2 is 1.84 bits per heavy atom. The molecule has 0 bridgehead atoms. The Balaban J connectivity index is 0.00000107. The Morgan fingerprint density at radius 1 is 1.08 bits per heavy atom. The monoisotopic (exact) mass is 676 g/mol. The maximum atomic E-state index is 16.3. The Bertz CT molecular complexity index is 2020. The minimum Gasteiger partial charge on any atom is -0.358 e. The SMILES string of the molecule is C=C(Nc1cncc(-c2ncc3[nH]nc(-c4nc(/C(=C\C=C\CC)c5cc(F)cc(CNC)c5)c(C)[nH]4)c3c2F)c1)C1CCC1.C=C=C.CC. The molecule has 0 spiro atoms. The van der Waals surface area contributed by atoms with E-state index in [2.05, 4.69) is 61.3 Å². The van der Waals surface area contributed by atoms with Crippen LogP contribution in [0.15, 0.2) is 92.2 Å². The van der Waals surface area contributed by atoms with E-state index >= 15 is 4.39 Å². The van der Waals surface area contributed by atoms with Crippen molar-refractivity contribution in [2.75, 3.05) is 12.4 Å². The standard InChI is InChI=1S/C35H36F2N8.C3H4.C2H6/c1-5-6-7-11-28(24-12-22(16-38-4)13-26(36)14-24)32-21(3)42-35(43-32)34-30-29(44-45-34)19-40-33(31(30)37)25-15-27(18-39-17-25)41-20(2)23-9-8-10-23;1-3-2;1-2/h6-7,11-15,17-19,23,38,41H,2,5,8-10,16H2,1,3-4H3,(H,42,43)(H,44,45);1-2H2;1-2H3/b7-6+,28-11-;;. The van der Waals surface area contributed by atoms with Gasteiger partial charge in [0.1, 0.15) is 17.2 Å². The van der Waals surface area contributed by atoms with Gasteiger partial charge in [0.05, 0.1) is 34.7 Å². The summed E-state index contributed by atoms with van der Waals surface area (Å²) in [5, 5.41) is 14.0. The highest BCUT2D eigenvalue weighted by molar-refractivity contribution is 5.94. The number of fused-ring (bicyclic) bond motifs is 1. The molecule has 0 saturated heterocycles. The number of hydrogen-bond acceptors (Lipinski definition) is 6. The van der Waals surface area contributed by atoms with Gasteiger partial charge in [0.15, 0.2) is 11.6 Å². The van der Waals surface area contributed by atoms with Crippen molar-refractivity contribution in [3.8, 4) is 22.8 Å². The first-order valence-corrected chi connectivity index (χ1v) is 16.9. The number of rotatable bonds is 11. The molecule has 1 saturated carbocycles. The number of H-pyrrole nitrogens is 2. The molecule has 0 atom stereocenters. The van der Waals surface area contributed by atoms with Crippen LogP contribution in [-0.2, 0) is 6.54 Å². The molecule has 4 N–H and O–H groups in total. The van der Waals surface area contributed by atoms with E-state index in [1.807, 2.05) is 65.1 Å². The van der Waals surface area contributed by atoms with Gasteiger partial charge in [-0.3, -0.25) is 15.1 Å². The smallest absolute Gasteiger partial charge is 0.161 e. The summed E-state index contributed by atoms with van der Waals surface area (Å²) in [4.78, 5) is 16.9. The van der Waals surface area contributed by atoms with E-state index < -0.39 is 5.82 Å². The van der Waals surface area contributed by atoms with Crippen molar-refractivity contribution in [3.63, 3.8) is 0 Å². The number of benzene rings is 1. The normalized spacial score (nSPS) is 12.8. The quantitative estimate of drug-likeness (QED) is 0.0820. The van der Waals surface area contributed by atoms with E-state index in [1.54, 1.807) is 18.6 Å². The molecule has 50 heavy (non-hydrogen) atoms. The number of nitrogens with zero attached hydrogens (tertiary/aromatic N) is 4. The highest BCUT2D eigenvalue weighted by Crippen LogP contribution is 2.36. The Kier molecular flexibility index (Phi) is 13.3. The van der Waals surface area contributed by atoms with Crippen molar-refractivity contribution in [3.05, 3.63) is 126 Å². The number of imidazole rings is 1. The molecule has 0 amide bonds. The van der Waals surface area contributed by atoms with Crippen LogP contribution >= 0.6 is 0 Å². The van der Waals surface area contributed by atoms with Gasteiger partial charge in [-0.05, 0) is 74.5 Å². The summed E-state index contributed by atoms with van der Waals surface area (Å²) in [6.07, 6.45) is 15.0. The number of halogens is 2. The van der Waals surface area contributed by atoms with Crippen molar-refractivity contribution in [2.45, 2.75) is 59.9 Å². The molecule has 1 aromatic carbocycles. The zero-order valence-corrected chi connectivity index (χ0v) is 29.6. The summed E-state index contributed by atoms with van der Waals surface area (Å²) in [5.74, 6) is -0.0400. The number of pyridine rings is 2. The van der Waals surface area contributed by atoms with Crippen LogP contribution in [0.3, 0.4) is 0 Å². The fourth-order valence-electron chi connectivity index (χ4n) is 5.59. The van der Waals surface area contributed by atoms with E-state index in [9.17, 15) is 4.39 Å². The van der Waals surface area contributed by atoms with Gasteiger partial charge < -0.3 is 15.6 Å². The van der Waals surface area contributed by atoms with Crippen LogP contribution in [-0.4, -0.2) is 37.2 Å². The van der Waals surface area contributed by atoms with Crippen LogP contribution in [0.25, 0.3) is 39.3 Å². The maximum absolute atomic E-state index is 16.3. The van der Waals surface area contributed by atoms with Crippen molar-refractivity contribution in [2.24, 2.45) is 5.92 Å². The maximum Gasteiger partial charge on any atom is 0.161 e. The van der Waals surface area contributed by atoms with Gasteiger partial charge in [0.25, 0.3) is 0 Å². The van der Waals surface area contributed by atoms with Crippen LogP contribution < -0.4 is 10.6 Å². The molecule has 1 aliphatic carbocycles. The lowest BCUT2D eigenvalue weighted by Gasteiger charge is -2.28. The average Bonchev–Trinajstić information content (AvgIpc) is 3.68. The fourth-order valence-corrected chi connectivity index (χ4v) is 5.59. The van der Waals surface area contributed by atoms with Crippen LogP contribution in [0.1, 0.15) is 69.0 Å². The Hall–Kier alpha value is -5.44. The first kappa shape index (κ1) is 37.4. The number of anilines is 1. The highest BCUT2D eigenvalue weighted by Gasteiger charge is 2.24. The molecule has 0 unspecified atom stereocenters. The third kappa shape index (κ3) is 8.58. The second-order valence-electron chi connectivity index (χ2n) is 11.6. The summed E-state index contributed by atoms with van der Waals surface area (Å²) >= 11 is 0. The zero-order chi connectivity index (χ0) is 36.2. The minimum atomic E-state index is -0.535. The molecule has 6 rings (SSSR count). The van der Waals surface area contributed by atoms with Gasteiger partial charge in [-0.15, -0.1) is 5.73 Å². The molecule has 1 fully saturated rings. The second-order valence-corrected chi connectivity index (χ2v) is 11.6. The molecule has 8 nitrogen and oxygen atoms in total. The van der Waals surface area contributed by atoms with E-state index in [0.717, 1.165) is 47.5 Å². The molecular formula is C40H46F2N8. The fraction of sp³-hybridized carbons (Fsp3) is 0.275. The molecule has 0 aliphatic heterocycles. The van der Waals surface area contributed by atoms with E-state index in [-0.39, 0.29) is 16.9 Å². The third-order valence-corrected chi connectivity index (χ3v) is 8.11. The number of nitrogens with one attached hydrogen (secondary N) is 4. The molecule has 5 aromatic rings. The predicted molar refractivity (Wildman–Crippen MR) is 201 cm³/mol. The summed E-state index contributed by atoms with van der Waals surface area (Å²) in [6.45, 7) is 18.9. The van der Waals surface area contributed by atoms with Crippen molar-refractivity contribution >= 4 is 22.2 Å². The Morgan fingerprint density at radius 3 is 2.52 bits per heavy atom. The number of aromatic amines is 2. The summed E-state index contributed by atoms with van der Waals surface area (Å²) in [6, 6.07) is 6.78. The number of allylic oxidation sites excluding steroid dienone is 4. The van der Waals surface area contributed by atoms with E-state index in [4.69, 9.17) is 4.98 Å². The van der Waals surface area contributed by atoms with Gasteiger partial charge in [0.2, 0.25) is 0 Å². The first-order valence-electron chi connectivity index (χ1n) is 16.9. The molecule has 0 radical (unpaired) electrons. The van der Waals surface area contributed by atoms with Crippen LogP contribution in [0.5, 0.6) is 0 Å². The minimum absolute atomic E-state index is 0.154. The number of aromatic nitrogens is 6. The van der Waals surface area contributed by atoms with Gasteiger partial charge in [-0.1, -0.05) is 65.2 Å². The summed E-state index contributed by atoms with van der Waals surface area (Å²) < 4.78 is 31.0. The average molecular weight is 677 g/mol. The molecule has 1 aliphatic rings. The third-order valence-electron chi connectivity index (χ3n) is 8.11. The molecule has 260 valence electrons. The lowest BCUT2D eigenvalue weighted by molar-refractivity contribution is 0.371. The van der Waals surface area contributed by atoms with Crippen molar-refractivity contribution in [1.29, 1.82) is 0 Å². The first-order chi connectivity index (χ1) is 24.3. The molecule has 10 heteroatoms. The predicted octanol–water partition coefficient (Wildman–Crippen LogP) is 9.82. The van der Waals surface area contributed by atoms with Crippen LogP contribution in [0, 0.1) is 24.5 Å². The van der Waals surface area contributed by atoms with Gasteiger partial charge in [-0.25, -0.2) is 13.8 Å². The largest absolute Gasteiger partial charge is 0.358 e. The summed E-state index contributed by atoms with van der Waals surface area (Å²) in [5.41, 5.74) is 8.95.